The number of hydrogen-bond donors (Lipinski definition) is 1. The Bertz CT molecular complexity index is 833. The Hall–Kier alpha value is -2.70. The van der Waals surface area contributed by atoms with E-state index >= 15 is 0 Å². The summed E-state index contributed by atoms with van der Waals surface area (Å²) in [5.74, 6) is 3.14. The lowest BCUT2D eigenvalue weighted by Crippen LogP contribution is -2.40. The lowest BCUT2D eigenvalue weighted by atomic mass is 10.0. The molecule has 7 heteroatoms. The molecule has 1 unspecified atom stereocenters. The van der Waals surface area contributed by atoms with Crippen molar-refractivity contribution in [2.24, 2.45) is 12.0 Å². The molecule has 1 aromatic carbocycles. The second-order valence-electron chi connectivity index (χ2n) is 7.64. The first kappa shape index (κ1) is 22.0. The van der Waals surface area contributed by atoms with Gasteiger partial charge in [0.1, 0.15) is 0 Å². The van der Waals surface area contributed by atoms with Crippen molar-refractivity contribution >= 4 is 5.96 Å². The Kier molecular flexibility index (Phi) is 7.99. The molecule has 30 heavy (non-hydrogen) atoms. The smallest absolute Gasteiger partial charge is 0.193 e. The van der Waals surface area contributed by atoms with Gasteiger partial charge in [-0.05, 0) is 56.4 Å². The van der Waals surface area contributed by atoms with Crippen LogP contribution < -0.4 is 14.8 Å². The number of aromatic nitrogens is 2. The zero-order valence-corrected chi connectivity index (χ0v) is 18.7. The third kappa shape index (κ3) is 5.68. The molecule has 7 nitrogen and oxygen atoms in total. The largest absolute Gasteiger partial charge is 0.493 e. The number of benzene rings is 1. The summed E-state index contributed by atoms with van der Waals surface area (Å²) in [5, 5.41) is 7.78. The van der Waals surface area contributed by atoms with E-state index in [-0.39, 0.29) is 0 Å². The highest BCUT2D eigenvalue weighted by molar-refractivity contribution is 5.80. The van der Waals surface area contributed by atoms with Gasteiger partial charge in [-0.25, -0.2) is 0 Å². The minimum Gasteiger partial charge on any atom is -0.493 e. The first-order chi connectivity index (χ1) is 14.6. The summed E-state index contributed by atoms with van der Waals surface area (Å²) in [6.07, 6.45) is 7.22. The van der Waals surface area contributed by atoms with E-state index in [0.29, 0.717) is 12.5 Å². The second-order valence-corrected chi connectivity index (χ2v) is 7.64. The lowest BCUT2D eigenvalue weighted by Gasteiger charge is -2.21. The maximum Gasteiger partial charge on any atom is 0.193 e. The molecule has 1 saturated heterocycles. The van der Waals surface area contributed by atoms with Crippen molar-refractivity contribution in [1.29, 1.82) is 0 Å². The van der Waals surface area contributed by atoms with Crippen LogP contribution in [-0.4, -0.2) is 60.5 Å². The Labute approximate surface area is 180 Å². The number of guanidine groups is 1. The molecule has 2 aromatic rings. The van der Waals surface area contributed by atoms with E-state index in [1.165, 1.54) is 11.1 Å². The number of nitrogens with one attached hydrogen (secondary N) is 1. The molecular weight excluding hydrogens is 378 g/mol. The molecule has 3 rings (SSSR count). The van der Waals surface area contributed by atoms with Crippen LogP contribution in [0.15, 0.2) is 35.6 Å². The number of likely N-dealkylation sites (tertiary alicyclic amines) is 1. The van der Waals surface area contributed by atoms with Gasteiger partial charge in [-0.3, -0.25) is 9.67 Å². The molecule has 0 amide bonds. The van der Waals surface area contributed by atoms with Gasteiger partial charge in [-0.2, -0.15) is 5.10 Å². The van der Waals surface area contributed by atoms with Crippen molar-refractivity contribution in [2.45, 2.75) is 39.0 Å². The first-order valence-corrected chi connectivity index (χ1v) is 11.0. The topological polar surface area (TPSA) is 63.9 Å². The number of ether oxygens (including phenoxy) is 2. The summed E-state index contributed by atoms with van der Waals surface area (Å²) in [4.78, 5) is 7.27. The van der Waals surface area contributed by atoms with Crippen molar-refractivity contribution in [2.75, 3.05) is 39.9 Å². The van der Waals surface area contributed by atoms with Crippen molar-refractivity contribution in [3.05, 3.63) is 41.7 Å². The highest BCUT2D eigenvalue weighted by Crippen LogP contribution is 2.29. The molecule has 1 aliphatic rings. The van der Waals surface area contributed by atoms with Gasteiger partial charge in [-0.15, -0.1) is 0 Å². The zero-order chi connectivity index (χ0) is 21.3. The fourth-order valence-electron chi connectivity index (χ4n) is 3.91. The van der Waals surface area contributed by atoms with Gasteiger partial charge in [0, 0.05) is 45.3 Å². The number of nitrogens with zero attached hydrogens (tertiary/aromatic N) is 4. The first-order valence-electron chi connectivity index (χ1n) is 11.0. The van der Waals surface area contributed by atoms with E-state index in [0.717, 1.165) is 62.9 Å². The molecule has 0 saturated carbocycles. The molecule has 1 fully saturated rings. The van der Waals surface area contributed by atoms with Crippen molar-refractivity contribution in [3.8, 4) is 11.5 Å². The van der Waals surface area contributed by atoms with Crippen LogP contribution >= 0.6 is 0 Å². The number of methoxy groups -OCH3 is 1. The fourth-order valence-corrected chi connectivity index (χ4v) is 3.91. The van der Waals surface area contributed by atoms with E-state index in [1.807, 2.05) is 30.9 Å². The minimum atomic E-state index is 0.527. The Balaban J connectivity index is 1.55. The maximum absolute atomic E-state index is 5.69. The van der Waals surface area contributed by atoms with Gasteiger partial charge in [-0.1, -0.05) is 6.07 Å². The molecule has 1 aliphatic heterocycles. The Morgan fingerprint density at radius 3 is 2.87 bits per heavy atom. The average molecular weight is 414 g/mol. The van der Waals surface area contributed by atoms with E-state index < -0.39 is 0 Å². The molecule has 1 atom stereocenters. The summed E-state index contributed by atoms with van der Waals surface area (Å²) < 4.78 is 12.9. The van der Waals surface area contributed by atoms with E-state index in [9.17, 15) is 0 Å². The monoisotopic (exact) mass is 413 g/mol. The van der Waals surface area contributed by atoms with Crippen LogP contribution in [0.2, 0.25) is 0 Å². The third-order valence-electron chi connectivity index (χ3n) is 5.43. The highest BCUT2D eigenvalue weighted by Gasteiger charge is 2.26. The molecular formula is C23H35N5O2. The van der Waals surface area contributed by atoms with Gasteiger partial charge in [0.2, 0.25) is 0 Å². The lowest BCUT2D eigenvalue weighted by molar-refractivity contribution is 0.310. The molecule has 0 spiro atoms. The number of rotatable bonds is 9. The SMILES string of the molecule is CCNC(=NCCCc1ccc(OC)c(OCC)c1)N1CCC(c2cnn(C)c2)C1. The molecule has 164 valence electrons. The molecule has 0 bridgehead atoms. The van der Waals surface area contributed by atoms with Crippen LogP contribution in [0.25, 0.3) is 0 Å². The van der Waals surface area contributed by atoms with Crippen LogP contribution in [0, 0.1) is 0 Å². The van der Waals surface area contributed by atoms with Crippen molar-refractivity contribution < 1.29 is 9.47 Å². The second kappa shape index (κ2) is 10.9. The van der Waals surface area contributed by atoms with E-state index in [1.54, 1.807) is 7.11 Å². The predicted molar refractivity (Wildman–Crippen MR) is 121 cm³/mol. The van der Waals surface area contributed by atoms with Crippen LogP contribution in [0.1, 0.15) is 43.7 Å². The number of aliphatic imine (C=N–C) groups is 1. The summed E-state index contributed by atoms with van der Waals surface area (Å²) in [6.45, 7) is 8.44. The number of hydrogen-bond acceptors (Lipinski definition) is 4. The molecule has 1 N–H and O–H groups in total. The summed E-state index contributed by atoms with van der Waals surface area (Å²) in [5.41, 5.74) is 2.57. The van der Waals surface area contributed by atoms with Crippen LogP contribution in [0.4, 0.5) is 0 Å². The average Bonchev–Trinajstić information content (AvgIpc) is 3.40. The standard InChI is InChI=1S/C23H35N5O2/c1-5-24-23(28-13-11-19(17-28)20-15-26-27(3)16-20)25-12-7-8-18-9-10-21(29-4)22(14-18)30-6-2/h9-10,14-16,19H,5-8,11-13,17H2,1-4H3,(H,24,25). The zero-order valence-electron chi connectivity index (χ0n) is 18.7. The normalized spacial score (nSPS) is 16.7. The van der Waals surface area contributed by atoms with E-state index in [4.69, 9.17) is 14.5 Å². The van der Waals surface area contributed by atoms with Gasteiger partial charge in [0.05, 0.1) is 19.9 Å². The number of aryl methyl sites for hydroxylation is 2. The van der Waals surface area contributed by atoms with Crippen LogP contribution in [0.5, 0.6) is 11.5 Å². The summed E-state index contributed by atoms with van der Waals surface area (Å²) in [6, 6.07) is 6.17. The van der Waals surface area contributed by atoms with Crippen LogP contribution in [-0.2, 0) is 13.5 Å². The molecule has 1 aromatic heterocycles. The van der Waals surface area contributed by atoms with Crippen molar-refractivity contribution in [3.63, 3.8) is 0 Å². The quantitative estimate of drug-likeness (QED) is 0.389. The Morgan fingerprint density at radius 2 is 2.17 bits per heavy atom. The Morgan fingerprint density at radius 1 is 1.30 bits per heavy atom. The highest BCUT2D eigenvalue weighted by atomic mass is 16.5. The van der Waals surface area contributed by atoms with Crippen molar-refractivity contribution in [1.82, 2.24) is 20.0 Å². The predicted octanol–water partition coefficient (Wildman–Crippen LogP) is 3.22. The fraction of sp³-hybridized carbons (Fsp3) is 0.565. The van der Waals surface area contributed by atoms with E-state index in [2.05, 4.69) is 40.6 Å². The van der Waals surface area contributed by atoms with Crippen LogP contribution in [0.3, 0.4) is 0 Å². The summed E-state index contributed by atoms with van der Waals surface area (Å²) >= 11 is 0. The molecule has 0 aliphatic carbocycles. The maximum atomic E-state index is 5.69. The van der Waals surface area contributed by atoms with Gasteiger partial charge < -0.3 is 19.7 Å². The molecule has 0 radical (unpaired) electrons. The summed E-state index contributed by atoms with van der Waals surface area (Å²) in [7, 11) is 3.65. The third-order valence-corrected chi connectivity index (χ3v) is 5.43. The van der Waals surface area contributed by atoms with Gasteiger partial charge in [0.15, 0.2) is 17.5 Å². The minimum absolute atomic E-state index is 0.527. The van der Waals surface area contributed by atoms with Gasteiger partial charge in [0.25, 0.3) is 0 Å². The molecule has 2 heterocycles. The van der Waals surface area contributed by atoms with Gasteiger partial charge >= 0.3 is 0 Å².